The van der Waals surface area contributed by atoms with Gasteiger partial charge in [-0.15, -0.1) is 0 Å². The number of methoxy groups -OCH3 is 1. The van der Waals surface area contributed by atoms with Gasteiger partial charge in [-0.2, -0.15) is 0 Å². The van der Waals surface area contributed by atoms with Crippen LogP contribution in [0, 0.1) is 0 Å². The van der Waals surface area contributed by atoms with E-state index in [2.05, 4.69) is 5.32 Å². The van der Waals surface area contributed by atoms with Gasteiger partial charge in [-0.1, -0.05) is 37.3 Å². The molecule has 0 fully saturated rings. The summed E-state index contributed by atoms with van der Waals surface area (Å²) in [6.45, 7) is 1.49. The van der Waals surface area contributed by atoms with Crippen molar-refractivity contribution in [2.75, 3.05) is 12.4 Å². The number of rotatable bonds is 6. The molecule has 0 unspecified atom stereocenters. The number of nitrogens with one attached hydrogen (secondary N) is 1. The third-order valence-electron chi connectivity index (χ3n) is 3.43. The molecule has 0 amide bonds. The third kappa shape index (κ3) is 3.72. The van der Waals surface area contributed by atoms with E-state index >= 15 is 0 Å². The highest BCUT2D eigenvalue weighted by atomic mass is 19.3. The van der Waals surface area contributed by atoms with Crippen molar-refractivity contribution in [2.45, 2.75) is 25.3 Å². The van der Waals surface area contributed by atoms with E-state index in [1.54, 1.807) is 55.6 Å². The molecule has 21 heavy (non-hydrogen) atoms. The third-order valence-corrected chi connectivity index (χ3v) is 3.43. The summed E-state index contributed by atoms with van der Waals surface area (Å²) in [5, 5.41) is 2.93. The van der Waals surface area contributed by atoms with E-state index in [0.717, 1.165) is 0 Å². The van der Waals surface area contributed by atoms with Gasteiger partial charge in [0, 0.05) is 12.1 Å². The van der Waals surface area contributed by atoms with Crippen molar-refractivity contribution in [3.05, 3.63) is 60.2 Å². The first-order valence-corrected chi connectivity index (χ1v) is 6.90. The summed E-state index contributed by atoms with van der Waals surface area (Å²) in [5.41, 5.74) is 1.21. The van der Waals surface area contributed by atoms with Crippen LogP contribution in [0.2, 0.25) is 0 Å². The zero-order valence-corrected chi connectivity index (χ0v) is 12.1. The molecule has 1 N–H and O–H groups in total. The number of hydrogen-bond acceptors (Lipinski definition) is 2. The Bertz CT molecular complexity index is 555. The number of hydrogen-bond donors (Lipinski definition) is 1. The van der Waals surface area contributed by atoms with Gasteiger partial charge >= 0.3 is 0 Å². The van der Waals surface area contributed by atoms with Crippen LogP contribution in [0.15, 0.2) is 54.6 Å². The molecule has 0 saturated heterocycles. The van der Waals surface area contributed by atoms with Crippen molar-refractivity contribution in [1.82, 2.24) is 0 Å². The maximum Gasteiger partial charge on any atom is 0.271 e. The first kappa shape index (κ1) is 15.3. The molecule has 0 aliphatic heterocycles. The molecule has 0 aliphatic rings. The van der Waals surface area contributed by atoms with E-state index < -0.39 is 12.0 Å². The van der Waals surface area contributed by atoms with E-state index in [0.29, 0.717) is 17.0 Å². The number of halogens is 2. The Kier molecular flexibility index (Phi) is 4.78. The molecule has 0 heterocycles. The lowest BCUT2D eigenvalue weighted by Crippen LogP contribution is -2.31. The van der Waals surface area contributed by atoms with Crippen LogP contribution in [-0.2, 0) is 0 Å². The molecule has 2 rings (SSSR count). The zero-order chi connectivity index (χ0) is 15.3. The summed E-state index contributed by atoms with van der Waals surface area (Å²) in [6.07, 6.45) is -0.226. The molecular weight excluding hydrogens is 272 g/mol. The Labute approximate surface area is 123 Å². The highest BCUT2D eigenvalue weighted by Crippen LogP contribution is 2.37. The first-order valence-electron chi connectivity index (χ1n) is 6.90. The van der Waals surface area contributed by atoms with Gasteiger partial charge in [0.1, 0.15) is 11.8 Å². The minimum Gasteiger partial charge on any atom is -0.497 e. The molecule has 0 radical (unpaired) electrons. The fraction of sp³-hybridized carbons (Fsp3) is 0.294. The molecule has 112 valence electrons. The van der Waals surface area contributed by atoms with Crippen LogP contribution in [0.1, 0.15) is 24.9 Å². The van der Waals surface area contributed by atoms with Crippen LogP contribution in [0.3, 0.4) is 0 Å². The Morgan fingerprint density at radius 1 is 1.05 bits per heavy atom. The quantitative estimate of drug-likeness (QED) is 0.818. The Hall–Kier alpha value is -2.10. The standard InChI is InChI=1S/C17H19F2NO/c1-3-17(18,19)16(13-7-5-4-6-8-13)20-14-9-11-15(21-2)12-10-14/h4-12,16,20H,3H2,1-2H3/t16-/m1/s1. The monoisotopic (exact) mass is 291 g/mol. The first-order chi connectivity index (χ1) is 10.1. The van der Waals surface area contributed by atoms with Crippen molar-refractivity contribution in [2.24, 2.45) is 0 Å². The van der Waals surface area contributed by atoms with Crippen molar-refractivity contribution >= 4 is 5.69 Å². The summed E-state index contributed by atoms with van der Waals surface area (Å²) in [5.74, 6) is -2.14. The Morgan fingerprint density at radius 2 is 1.67 bits per heavy atom. The van der Waals surface area contributed by atoms with Crippen molar-refractivity contribution in [1.29, 1.82) is 0 Å². The van der Waals surface area contributed by atoms with Gasteiger partial charge in [0.2, 0.25) is 0 Å². The van der Waals surface area contributed by atoms with Crippen molar-refractivity contribution < 1.29 is 13.5 Å². The summed E-state index contributed by atoms with van der Waals surface area (Å²) >= 11 is 0. The van der Waals surface area contributed by atoms with Crippen molar-refractivity contribution in [3.63, 3.8) is 0 Å². The van der Waals surface area contributed by atoms with Gasteiger partial charge in [-0.25, -0.2) is 8.78 Å². The minimum atomic E-state index is -2.83. The highest BCUT2D eigenvalue weighted by Gasteiger charge is 2.38. The molecule has 0 aromatic heterocycles. The van der Waals surface area contributed by atoms with Gasteiger partial charge < -0.3 is 10.1 Å². The number of benzene rings is 2. The van der Waals surface area contributed by atoms with Crippen LogP contribution in [0.4, 0.5) is 14.5 Å². The molecule has 2 aromatic carbocycles. The topological polar surface area (TPSA) is 21.3 Å². The summed E-state index contributed by atoms with van der Waals surface area (Å²) in [6, 6.07) is 14.7. The second-order valence-corrected chi connectivity index (χ2v) is 4.83. The predicted octanol–water partition coefficient (Wildman–Crippen LogP) is 4.89. The van der Waals surface area contributed by atoms with E-state index in [1.807, 2.05) is 6.07 Å². The van der Waals surface area contributed by atoms with Crippen LogP contribution < -0.4 is 10.1 Å². The van der Waals surface area contributed by atoms with Crippen LogP contribution in [-0.4, -0.2) is 13.0 Å². The molecule has 2 aromatic rings. The second kappa shape index (κ2) is 6.57. The lowest BCUT2D eigenvalue weighted by Gasteiger charge is -2.28. The summed E-state index contributed by atoms with van der Waals surface area (Å²) in [4.78, 5) is 0. The minimum absolute atomic E-state index is 0.226. The Morgan fingerprint density at radius 3 is 2.19 bits per heavy atom. The molecule has 2 nitrogen and oxygen atoms in total. The lowest BCUT2D eigenvalue weighted by molar-refractivity contribution is -0.0230. The summed E-state index contributed by atoms with van der Waals surface area (Å²) < 4.78 is 33.6. The number of ether oxygens (including phenoxy) is 1. The molecular formula is C17H19F2NO. The second-order valence-electron chi connectivity index (χ2n) is 4.83. The number of alkyl halides is 2. The van der Waals surface area contributed by atoms with E-state index in [-0.39, 0.29) is 6.42 Å². The van der Waals surface area contributed by atoms with E-state index in [9.17, 15) is 8.78 Å². The maximum absolute atomic E-state index is 14.2. The molecule has 0 bridgehead atoms. The maximum atomic E-state index is 14.2. The molecule has 0 saturated carbocycles. The molecule has 1 atom stereocenters. The van der Waals surface area contributed by atoms with Crippen LogP contribution >= 0.6 is 0 Å². The Balaban J connectivity index is 2.27. The summed E-state index contributed by atoms with van der Waals surface area (Å²) in [7, 11) is 1.57. The average Bonchev–Trinajstić information content (AvgIpc) is 2.54. The molecule has 4 heteroatoms. The van der Waals surface area contributed by atoms with Gasteiger partial charge in [-0.3, -0.25) is 0 Å². The van der Waals surface area contributed by atoms with E-state index in [1.165, 1.54) is 6.92 Å². The van der Waals surface area contributed by atoms with Gasteiger partial charge in [-0.05, 0) is 29.8 Å². The largest absolute Gasteiger partial charge is 0.497 e. The smallest absolute Gasteiger partial charge is 0.271 e. The normalized spacial score (nSPS) is 12.8. The lowest BCUT2D eigenvalue weighted by atomic mass is 9.98. The fourth-order valence-electron chi connectivity index (χ4n) is 2.14. The SMILES string of the molecule is CCC(F)(F)[C@H](Nc1ccc(OC)cc1)c1ccccc1. The fourth-order valence-corrected chi connectivity index (χ4v) is 2.14. The van der Waals surface area contributed by atoms with Gasteiger partial charge in [0.15, 0.2) is 0 Å². The predicted molar refractivity (Wildman–Crippen MR) is 81.0 cm³/mol. The number of anilines is 1. The highest BCUT2D eigenvalue weighted by molar-refractivity contribution is 5.49. The van der Waals surface area contributed by atoms with Crippen molar-refractivity contribution in [3.8, 4) is 5.75 Å². The van der Waals surface area contributed by atoms with Gasteiger partial charge in [0.25, 0.3) is 5.92 Å². The average molecular weight is 291 g/mol. The van der Waals surface area contributed by atoms with Crippen LogP contribution in [0.5, 0.6) is 5.75 Å². The zero-order valence-electron chi connectivity index (χ0n) is 12.1. The van der Waals surface area contributed by atoms with Gasteiger partial charge in [0.05, 0.1) is 7.11 Å². The molecule has 0 aliphatic carbocycles. The molecule has 0 spiro atoms. The van der Waals surface area contributed by atoms with E-state index in [4.69, 9.17) is 4.74 Å². The van der Waals surface area contributed by atoms with Crippen LogP contribution in [0.25, 0.3) is 0 Å².